The Bertz CT molecular complexity index is 1240. The molecule has 37 heavy (non-hydrogen) atoms. The van der Waals surface area contributed by atoms with Crippen LogP contribution in [0.4, 0.5) is 28.0 Å². The molecule has 3 aliphatic heterocycles. The molecule has 1 amide bonds. The van der Waals surface area contributed by atoms with Crippen molar-refractivity contribution in [1.29, 1.82) is 0 Å². The summed E-state index contributed by atoms with van der Waals surface area (Å²) in [5, 5.41) is 0. The van der Waals surface area contributed by atoms with E-state index < -0.39 is 29.4 Å². The summed E-state index contributed by atoms with van der Waals surface area (Å²) in [5.74, 6) is -4.63. The number of benzene rings is 3. The lowest BCUT2D eigenvalue weighted by atomic mass is 9.83. The number of carbonyl (C=O) groups is 1. The average Bonchev–Trinajstić information content (AvgIpc) is 2.90. The standard InChI is InChI=1S/C29H29F4N2O2/c30-23-7-4-8-24(17-23)34(18-21-15-25(31)28(33)26(32)16-21)29(36)37-27-19-35(13-10-22(27)11-14-35)12-9-20-5-2-1-3-6-20/h1-8,15-17,22,27H,9-14,18-19H2/q+1. The van der Waals surface area contributed by atoms with E-state index in [4.69, 9.17) is 4.74 Å². The topological polar surface area (TPSA) is 29.5 Å². The van der Waals surface area contributed by atoms with Gasteiger partial charge in [-0.2, -0.15) is 0 Å². The van der Waals surface area contributed by atoms with Crippen LogP contribution in [0.25, 0.3) is 0 Å². The predicted octanol–water partition coefficient (Wildman–Crippen LogP) is 6.24. The zero-order valence-electron chi connectivity index (χ0n) is 20.4. The zero-order valence-corrected chi connectivity index (χ0v) is 20.4. The Morgan fingerprint density at radius 2 is 1.59 bits per heavy atom. The highest BCUT2D eigenvalue weighted by Crippen LogP contribution is 2.36. The maximum absolute atomic E-state index is 14.0. The number of rotatable bonds is 7. The fourth-order valence-corrected chi connectivity index (χ4v) is 5.66. The first-order valence-electron chi connectivity index (χ1n) is 12.6. The van der Waals surface area contributed by atoms with Crippen LogP contribution in [-0.4, -0.2) is 42.9 Å². The van der Waals surface area contributed by atoms with Crippen LogP contribution in [0.2, 0.25) is 0 Å². The van der Waals surface area contributed by atoms with Gasteiger partial charge in [-0.1, -0.05) is 36.4 Å². The molecule has 194 valence electrons. The molecule has 4 nitrogen and oxygen atoms in total. The molecule has 3 heterocycles. The second-order valence-corrected chi connectivity index (χ2v) is 10.1. The first kappa shape index (κ1) is 25.3. The number of fused-ring (bicyclic) bond motifs is 3. The third-order valence-corrected chi connectivity index (χ3v) is 7.74. The number of halogens is 4. The molecule has 0 aromatic heterocycles. The SMILES string of the molecule is O=C(OC1C[N+]2(CCc3ccccc3)CCC1CC2)N(Cc1cc(F)c(F)c(F)c1)c1cccc(F)c1. The monoisotopic (exact) mass is 513 g/mol. The van der Waals surface area contributed by atoms with Gasteiger partial charge in [-0.05, 0) is 41.5 Å². The van der Waals surface area contributed by atoms with Crippen molar-refractivity contribution in [2.45, 2.75) is 31.9 Å². The zero-order chi connectivity index (χ0) is 26.0. The van der Waals surface area contributed by atoms with Crippen molar-refractivity contribution in [3.05, 3.63) is 101 Å². The van der Waals surface area contributed by atoms with E-state index >= 15 is 0 Å². The number of nitrogens with zero attached hydrogens (tertiary/aromatic N) is 2. The first-order valence-corrected chi connectivity index (χ1v) is 12.6. The van der Waals surface area contributed by atoms with E-state index in [1.54, 1.807) is 0 Å². The Labute approximate surface area is 213 Å². The Kier molecular flexibility index (Phi) is 7.20. The van der Waals surface area contributed by atoms with Gasteiger partial charge >= 0.3 is 6.09 Å². The van der Waals surface area contributed by atoms with Gasteiger partial charge in [-0.25, -0.2) is 22.4 Å². The fourth-order valence-electron chi connectivity index (χ4n) is 5.66. The molecule has 3 aliphatic rings. The van der Waals surface area contributed by atoms with Gasteiger partial charge in [0.25, 0.3) is 0 Å². The van der Waals surface area contributed by atoms with Crippen molar-refractivity contribution in [3.8, 4) is 0 Å². The molecule has 3 saturated heterocycles. The van der Waals surface area contributed by atoms with Crippen LogP contribution in [0.5, 0.6) is 0 Å². The third kappa shape index (κ3) is 5.64. The second kappa shape index (κ2) is 10.5. The first-order chi connectivity index (χ1) is 17.8. The summed E-state index contributed by atoms with van der Waals surface area (Å²) in [7, 11) is 0. The van der Waals surface area contributed by atoms with Gasteiger partial charge in [0.15, 0.2) is 23.6 Å². The van der Waals surface area contributed by atoms with Crippen molar-refractivity contribution in [3.63, 3.8) is 0 Å². The quantitative estimate of drug-likeness (QED) is 0.213. The van der Waals surface area contributed by atoms with E-state index in [1.807, 2.05) is 18.2 Å². The maximum atomic E-state index is 14.0. The normalized spacial score (nSPS) is 22.6. The number of carbonyl (C=O) groups excluding carboxylic acids is 1. The van der Waals surface area contributed by atoms with Gasteiger partial charge in [-0.15, -0.1) is 0 Å². The van der Waals surface area contributed by atoms with E-state index in [2.05, 4.69) is 12.1 Å². The summed E-state index contributed by atoms with van der Waals surface area (Å²) in [6, 6.07) is 17.3. The van der Waals surface area contributed by atoms with Gasteiger partial charge in [0, 0.05) is 25.2 Å². The Hall–Kier alpha value is -3.39. The lowest BCUT2D eigenvalue weighted by Gasteiger charge is -2.52. The molecule has 3 fully saturated rings. The minimum Gasteiger partial charge on any atom is -0.440 e. The molecular formula is C29H29F4N2O2+. The van der Waals surface area contributed by atoms with Crippen LogP contribution in [0.1, 0.15) is 24.0 Å². The van der Waals surface area contributed by atoms with Crippen LogP contribution in [0.15, 0.2) is 66.7 Å². The molecule has 0 radical (unpaired) electrons. The van der Waals surface area contributed by atoms with E-state index in [0.717, 1.165) is 66.5 Å². The second-order valence-electron chi connectivity index (χ2n) is 10.1. The van der Waals surface area contributed by atoms with Crippen molar-refractivity contribution < 1.29 is 31.6 Å². The molecule has 1 atom stereocenters. The van der Waals surface area contributed by atoms with Crippen LogP contribution < -0.4 is 4.90 Å². The van der Waals surface area contributed by atoms with Crippen LogP contribution in [0.3, 0.4) is 0 Å². The van der Waals surface area contributed by atoms with Crippen LogP contribution in [-0.2, 0) is 17.7 Å². The van der Waals surface area contributed by atoms with Gasteiger partial charge < -0.3 is 9.22 Å². The highest BCUT2D eigenvalue weighted by atomic mass is 19.2. The van der Waals surface area contributed by atoms with Gasteiger partial charge in [-0.3, -0.25) is 4.90 Å². The van der Waals surface area contributed by atoms with Crippen LogP contribution in [0, 0.1) is 29.2 Å². The molecule has 3 aromatic carbocycles. The molecule has 0 aliphatic carbocycles. The fraction of sp³-hybridized carbons (Fsp3) is 0.345. The van der Waals surface area contributed by atoms with E-state index in [9.17, 15) is 22.4 Å². The van der Waals surface area contributed by atoms with Crippen molar-refractivity contribution in [1.82, 2.24) is 0 Å². The van der Waals surface area contributed by atoms with E-state index in [1.165, 1.54) is 23.8 Å². The summed E-state index contributed by atoms with van der Waals surface area (Å²) in [5.41, 5.74) is 1.48. The number of amides is 1. The smallest absolute Gasteiger partial charge is 0.415 e. The minimum absolute atomic E-state index is 0.0258. The molecular weight excluding hydrogens is 484 g/mol. The Balaban J connectivity index is 1.34. The number of hydrogen-bond donors (Lipinski definition) is 0. The summed E-state index contributed by atoms with van der Waals surface area (Å²) < 4.78 is 62.1. The lowest BCUT2D eigenvalue weighted by molar-refractivity contribution is -0.945. The van der Waals surface area contributed by atoms with Crippen molar-refractivity contribution >= 4 is 11.8 Å². The third-order valence-electron chi connectivity index (χ3n) is 7.74. The maximum Gasteiger partial charge on any atom is 0.415 e. The number of anilines is 1. The molecule has 6 rings (SSSR count). The number of piperidine rings is 3. The number of ether oxygens (including phenoxy) is 1. The minimum atomic E-state index is -1.58. The van der Waals surface area contributed by atoms with Gasteiger partial charge in [0.2, 0.25) is 0 Å². The Morgan fingerprint density at radius 3 is 2.27 bits per heavy atom. The molecule has 0 saturated carbocycles. The van der Waals surface area contributed by atoms with Gasteiger partial charge in [0.05, 0.1) is 31.9 Å². The summed E-state index contributed by atoms with van der Waals surface area (Å²) in [4.78, 5) is 14.6. The number of hydrogen-bond acceptors (Lipinski definition) is 2. The van der Waals surface area contributed by atoms with Crippen molar-refractivity contribution in [2.75, 3.05) is 31.1 Å². The highest BCUT2D eigenvalue weighted by molar-refractivity contribution is 5.87. The lowest BCUT2D eigenvalue weighted by Crippen LogP contribution is -2.65. The van der Waals surface area contributed by atoms with E-state index in [-0.39, 0.29) is 29.8 Å². The molecule has 0 spiro atoms. The molecule has 0 N–H and O–H groups in total. The highest BCUT2D eigenvalue weighted by Gasteiger charge is 2.47. The molecule has 3 aromatic rings. The van der Waals surface area contributed by atoms with Gasteiger partial charge in [0.1, 0.15) is 12.4 Å². The summed E-state index contributed by atoms with van der Waals surface area (Å²) in [6.07, 6.45) is 1.78. The average molecular weight is 514 g/mol. The Morgan fingerprint density at radius 1 is 0.892 bits per heavy atom. The predicted molar refractivity (Wildman–Crippen MR) is 132 cm³/mol. The summed E-state index contributed by atoms with van der Waals surface area (Å²) in [6.45, 7) is 3.41. The largest absolute Gasteiger partial charge is 0.440 e. The van der Waals surface area contributed by atoms with Crippen LogP contribution >= 0.6 is 0 Å². The molecule has 1 unspecified atom stereocenters. The van der Waals surface area contributed by atoms with Crippen molar-refractivity contribution in [2.24, 2.45) is 5.92 Å². The molecule has 2 bridgehead atoms. The molecule has 8 heteroatoms. The number of quaternary nitrogens is 1. The van der Waals surface area contributed by atoms with E-state index in [0.29, 0.717) is 6.54 Å². The summed E-state index contributed by atoms with van der Waals surface area (Å²) >= 11 is 0.